The molecule has 2 fully saturated rings. The number of hydrogen-bond donors (Lipinski definition) is 1. The van der Waals surface area contributed by atoms with Crippen LogP contribution in [0.3, 0.4) is 0 Å². The van der Waals surface area contributed by atoms with Gasteiger partial charge in [-0.1, -0.05) is 24.6 Å². The van der Waals surface area contributed by atoms with E-state index in [1.54, 1.807) is 12.1 Å². The molecule has 3 amide bonds. The van der Waals surface area contributed by atoms with Crippen LogP contribution in [0.2, 0.25) is 0 Å². The van der Waals surface area contributed by atoms with Crippen LogP contribution in [0.4, 0.5) is 9.18 Å². The van der Waals surface area contributed by atoms with E-state index in [4.69, 9.17) is 4.74 Å². The number of rotatable bonds is 9. The third-order valence-electron chi connectivity index (χ3n) is 6.22. The Morgan fingerprint density at radius 2 is 1.77 bits per heavy atom. The molecule has 0 aromatic heterocycles. The SMILES string of the molecule is COc1ccc(/C=C/C(=O)NCCN2C(=O)S/C(=C/c3ccc(F)cc3)C2=O)cc1S(=O)(=O)N1CCCCC1. The molecule has 1 N–H and O–H groups in total. The van der Waals surface area contributed by atoms with Crippen LogP contribution in [0.1, 0.15) is 30.4 Å². The van der Waals surface area contributed by atoms with Crippen LogP contribution in [0.25, 0.3) is 12.2 Å². The highest BCUT2D eigenvalue weighted by molar-refractivity contribution is 8.18. The first kappa shape index (κ1) is 28.5. The third kappa shape index (κ3) is 6.94. The average Bonchev–Trinajstić information content (AvgIpc) is 3.20. The van der Waals surface area contributed by atoms with Crippen LogP contribution in [0.15, 0.2) is 58.3 Å². The maximum absolute atomic E-state index is 13.2. The quantitative estimate of drug-likeness (QED) is 0.453. The van der Waals surface area contributed by atoms with Gasteiger partial charge in [0, 0.05) is 32.3 Å². The summed E-state index contributed by atoms with van der Waals surface area (Å²) >= 11 is 0.779. The molecule has 0 saturated carbocycles. The summed E-state index contributed by atoms with van der Waals surface area (Å²) in [7, 11) is -2.34. The molecule has 0 bridgehead atoms. The monoisotopic (exact) mass is 573 g/mol. The van der Waals surface area contributed by atoms with Gasteiger partial charge in [0.05, 0.1) is 12.0 Å². The first-order chi connectivity index (χ1) is 18.7. The van der Waals surface area contributed by atoms with E-state index in [2.05, 4.69) is 5.32 Å². The molecule has 0 aliphatic carbocycles. The van der Waals surface area contributed by atoms with Crippen molar-refractivity contribution in [2.75, 3.05) is 33.3 Å². The summed E-state index contributed by atoms with van der Waals surface area (Å²) in [6, 6.07) is 10.2. The standard InChI is InChI=1S/C27H28FN3O6S2/c1-37-22-11-7-20(18-24(22)39(35,36)30-14-3-2-4-15-30)8-12-25(32)29-13-16-31-26(33)23(38-27(31)34)17-19-5-9-21(28)10-6-19/h5-12,17-18H,2-4,13-16H2,1H3,(H,29,32)/b12-8+,23-17+. The van der Waals surface area contributed by atoms with Gasteiger partial charge in [0.1, 0.15) is 16.5 Å². The van der Waals surface area contributed by atoms with Crippen LogP contribution >= 0.6 is 11.8 Å². The smallest absolute Gasteiger partial charge is 0.293 e. The molecule has 39 heavy (non-hydrogen) atoms. The lowest BCUT2D eigenvalue weighted by molar-refractivity contribution is -0.123. The second-order valence-corrected chi connectivity index (χ2v) is 11.8. The number of sulfonamides is 1. The molecule has 0 radical (unpaired) electrons. The second kappa shape index (κ2) is 12.6. The predicted octanol–water partition coefficient (Wildman–Crippen LogP) is 3.87. The van der Waals surface area contributed by atoms with E-state index in [9.17, 15) is 27.2 Å². The Kier molecular flexibility index (Phi) is 9.20. The van der Waals surface area contributed by atoms with Crippen molar-refractivity contribution in [3.05, 3.63) is 70.4 Å². The number of piperidine rings is 1. The van der Waals surface area contributed by atoms with Crippen molar-refractivity contribution in [2.45, 2.75) is 24.2 Å². The molecule has 9 nitrogen and oxygen atoms in total. The maximum atomic E-state index is 13.2. The molecular weight excluding hydrogens is 545 g/mol. The minimum atomic E-state index is -3.75. The highest BCUT2D eigenvalue weighted by atomic mass is 32.2. The van der Waals surface area contributed by atoms with Crippen LogP contribution in [-0.4, -0.2) is 68.0 Å². The Balaban J connectivity index is 1.35. The Morgan fingerprint density at radius 1 is 1.08 bits per heavy atom. The van der Waals surface area contributed by atoms with Gasteiger partial charge in [0.25, 0.3) is 11.1 Å². The van der Waals surface area contributed by atoms with Crippen molar-refractivity contribution in [1.82, 2.24) is 14.5 Å². The molecule has 4 rings (SSSR count). The van der Waals surface area contributed by atoms with Gasteiger partial charge in [-0.05, 0) is 72.1 Å². The number of hydrogen-bond acceptors (Lipinski definition) is 7. The van der Waals surface area contributed by atoms with Gasteiger partial charge < -0.3 is 10.1 Å². The number of carbonyl (C=O) groups excluding carboxylic acids is 3. The summed E-state index contributed by atoms with van der Waals surface area (Å²) < 4.78 is 46.2. The van der Waals surface area contributed by atoms with Crippen LogP contribution in [0.5, 0.6) is 5.75 Å². The fraction of sp³-hybridized carbons (Fsp3) is 0.296. The van der Waals surface area contributed by atoms with Crippen molar-refractivity contribution >= 4 is 51.0 Å². The number of nitrogens with one attached hydrogen (secondary N) is 1. The van der Waals surface area contributed by atoms with Gasteiger partial charge in [-0.25, -0.2) is 12.8 Å². The molecular formula is C27H28FN3O6S2. The second-order valence-electron chi connectivity index (χ2n) is 8.88. The summed E-state index contributed by atoms with van der Waals surface area (Å²) in [4.78, 5) is 38.5. The largest absolute Gasteiger partial charge is 0.495 e. The van der Waals surface area contributed by atoms with Gasteiger partial charge in [-0.3, -0.25) is 19.3 Å². The highest BCUT2D eigenvalue weighted by Gasteiger charge is 2.34. The minimum absolute atomic E-state index is 0.0221. The topological polar surface area (TPSA) is 113 Å². The summed E-state index contributed by atoms with van der Waals surface area (Å²) in [5, 5.41) is 2.16. The number of methoxy groups -OCH3 is 1. The van der Waals surface area contributed by atoms with Gasteiger partial charge in [0.2, 0.25) is 15.9 Å². The molecule has 206 valence electrons. The highest BCUT2D eigenvalue weighted by Crippen LogP contribution is 2.32. The number of ether oxygens (including phenoxy) is 1. The number of amides is 3. The van der Waals surface area contributed by atoms with E-state index in [-0.39, 0.29) is 28.6 Å². The molecule has 0 atom stereocenters. The first-order valence-electron chi connectivity index (χ1n) is 12.3. The van der Waals surface area contributed by atoms with Crippen molar-refractivity contribution in [3.63, 3.8) is 0 Å². The van der Waals surface area contributed by atoms with E-state index < -0.39 is 32.9 Å². The zero-order valence-electron chi connectivity index (χ0n) is 21.3. The Morgan fingerprint density at radius 3 is 2.46 bits per heavy atom. The molecule has 2 aromatic carbocycles. The van der Waals surface area contributed by atoms with Crippen molar-refractivity contribution in [3.8, 4) is 5.75 Å². The van der Waals surface area contributed by atoms with Crippen LogP contribution in [-0.2, 0) is 19.6 Å². The third-order valence-corrected chi connectivity index (χ3v) is 9.05. The fourth-order valence-corrected chi connectivity index (χ4v) is 6.74. The number of imide groups is 1. The molecule has 2 heterocycles. The molecule has 2 aromatic rings. The van der Waals surface area contributed by atoms with E-state index in [0.29, 0.717) is 24.2 Å². The van der Waals surface area contributed by atoms with Crippen LogP contribution in [0, 0.1) is 5.82 Å². The number of benzene rings is 2. The van der Waals surface area contributed by atoms with Crippen LogP contribution < -0.4 is 10.1 Å². The normalized spacial score (nSPS) is 17.8. The summed E-state index contributed by atoms with van der Waals surface area (Å²) in [6.45, 7) is 0.921. The van der Waals surface area contributed by atoms with E-state index in [1.165, 1.54) is 60.0 Å². The first-order valence-corrected chi connectivity index (χ1v) is 14.6. The van der Waals surface area contributed by atoms with Crippen molar-refractivity contribution in [2.24, 2.45) is 0 Å². The predicted molar refractivity (Wildman–Crippen MR) is 147 cm³/mol. The molecule has 0 spiro atoms. The van der Waals surface area contributed by atoms with Crippen molar-refractivity contribution < 1.29 is 31.9 Å². The Bertz CT molecular complexity index is 1420. The van der Waals surface area contributed by atoms with Crippen molar-refractivity contribution in [1.29, 1.82) is 0 Å². The summed E-state index contributed by atoms with van der Waals surface area (Å²) in [6.07, 6.45) is 6.85. The summed E-state index contributed by atoms with van der Waals surface area (Å²) in [5.41, 5.74) is 1.09. The van der Waals surface area contributed by atoms with E-state index >= 15 is 0 Å². The van der Waals surface area contributed by atoms with E-state index in [1.807, 2.05) is 0 Å². The molecule has 12 heteroatoms. The zero-order valence-corrected chi connectivity index (χ0v) is 22.9. The Labute approximate surface area is 230 Å². The molecule has 0 unspecified atom stereocenters. The number of carbonyl (C=O) groups is 3. The summed E-state index contributed by atoms with van der Waals surface area (Å²) in [5.74, 6) is -1.13. The molecule has 2 aliphatic heterocycles. The lowest BCUT2D eigenvalue weighted by Gasteiger charge is -2.26. The minimum Gasteiger partial charge on any atom is -0.495 e. The fourth-order valence-electron chi connectivity index (χ4n) is 4.17. The lowest BCUT2D eigenvalue weighted by atomic mass is 10.2. The van der Waals surface area contributed by atoms with E-state index in [0.717, 1.165) is 35.9 Å². The van der Waals surface area contributed by atoms with Gasteiger partial charge in [-0.15, -0.1) is 0 Å². The lowest BCUT2D eigenvalue weighted by Crippen LogP contribution is -2.36. The molecule has 2 saturated heterocycles. The average molecular weight is 574 g/mol. The number of halogens is 1. The zero-order chi connectivity index (χ0) is 28.0. The van der Waals surface area contributed by atoms with Gasteiger partial charge in [-0.2, -0.15) is 4.31 Å². The Hall–Kier alpha value is -3.48. The maximum Gasteiger partial charge on any atom is 0.293 e. The van der Waals surface area contributed by atoms with Gasteiger partial charge >= 0.3 is 0 Å². The molecule has 2 aliphatic rings. The number of nitrogens with zero attached hydrogens (tertiary/aromatic N) is 2. The van der Waals surface area contributed by atoms with Gasteiger partial charge in [0.15, 0.2) is 0 Å². The number of thioether (sulfide) groups is 1.